The van der Waals surface area contributed by atoms with E-state index in [1.807, 2.05) is 13.8 Å². The van der Waals surface area contributed by atoms with Gasteiger partial charge < -0.3 is 11.5 Å². The molecule has 1 aromatic rings. The van der Waals surface area contributed by atoms with Crippen molar-refractivity contribution in [2.45, 2.75) is 19.9 Å². The summed E-state index contributed by atoms with van der Waals surface area (Å²) in [5.74, 6) is 1.35. The highest BCUT2D eigenvalue weighted by molar-refractivity contribution is 5.16. The number of anilines is 1. The van der Waals surface area contributed by atoms with Gasteiger partial charge in [0, 0.05) is 7.05 Å². The van der Waals surface area contributed by atoms with Crippen molar-refractivity contribution in [2.24, 2.45) is 18.7 Å². The van der Waals surface area contributed by atoms with E-state index in [9.17, 15) is 0 Å². The minimum atomic E-state index is -0.131. The Labute approximate surface area is 71.8 Å². The number of aromatic nitrogens is 3. The summed E-state index contributed by atoms with van der Waals surface area (Å²) < 4.78 is 1.53. The number of nitrogens with zero attached hydrogens (tertiary/aromatic N) is 3. The molecule has 0 aliphatic heterocycles. The summed E-state index contributed by atoms with van der Waals surface area (Å²) >= 11 is 0. The van der Waals surface area contributed by atoms with Crippen LogP contribution in [0.25, 0.3) is 0 Å². The van der Waals surface area contributed by atoms with E-state index in [2.05, 4.69) is 10.1 Å². The Hall–Kier alpha value is -1.10. The fourth-order valence-electron chi connectivity index (χ4n) is 0.856. The minimum absolute atomic E-state index is 0.131. The molecule has 0 fully saturated rings. The largest absolute Gasteiger partial charge is 0.368 e. The SMILES string of the molecule is CC(C)[C@H](N)c1nc(N)n(C)n1. The molecule has 0 spiro atoms. The molecule has 1 rings (SSSR count). The van der Waals surface area contributed by atoms with Crippen molar-refractivity contribution in [2.75, 3.05) is 5.73 Å². The minimum Gasteiger partial charge on any atom is -0.368 e. The van der Waals surface area contributed by atoms with Crippen molar-refractivity contribution in [3.63, 3.8) is 0 Å². The average molecular weight is 169 g/mol. The standard InChI is InChI=1S/C7H15N5/c1-4(2)5(8)6-10-7(9)12(3)11-6/h4-5H,8H2,1-3H3,(H2,9,10,11)/t5-/m0/s1. The maximum absolute atomic E-state index is 5.83. The van der Waals surface area contributed by atoms with E-state index in [-0.39, 0.29) is 6.04 Å². The zero-order chi connectivity index (χ0) is 9.30. The third-order valence-corrected chi connectivity index (χ3v) is 1.83. The molecule has 0 unspecified atom stereocenters. The molecule has 68 valence electrons. The molecule has 1 aromatic heterocycles. The van der Waals surface area contributed by atoms with E-state index in [0.29, 0.717) is 17.7 Å². The van der Waals surface area contributed by atoms with E-state index >= 15 is 0 Å². The van der Waals surface area contributed by atoms with Gasteiger partial charge >= 0.3 is 0 Å². The van der Waals surface area contributed by atoms with Crippen molar-refractivity contribution in [1.82, 2.24) is 14.8 Å². The molecule has 0 saturated carbocycles. The van der Waals surface area contributed by atoms with Crippen LogP contribution in [0.2, 0.25) is 0 Å². The van der Waals surface area contributed by atoms with Crippen molar-refractivity contribution >= 4 is 5.95 Å². The lowest BCUT2D eigenvalue weighted by Gasteiger charge is -2.10. The van der Waals surface area contributed by atoms with Crippen LogP contribution in [-0.2, 0) is 7.05 Å². The Morgan fingerprint density at radius 1 is 1.42 bits per heavy atom. The average Bonchev–Trinajstić information content (AvgIpc) is 2.30. The number of hydrogen-bond donors (Lipinski definition) is 2. The van der Waals surface area contributed by atoms with Crippen LogP contribution in [0.3, 0.4) is 0 Å². The molecule has 0 radical (unpaired) electrons. The van der Waals surface area contributed by atoms with Crippen LogP contribution >= 0.6 is 0 Å². The van der Waals surface area contributed by atoms with Gasteiger partial charge in [-0.05, 0) is 5.92 Å². The molecule has 1 heterocycles. The second kappa shape index (κ2) is 3.10. The predicted octanol–water partition coefficient (Wildman–Crippen LogP) is 0.0531. The Bertz CT molecular complexity index is 245. The fourth-order valence-corrected chi connectivity index (χ4v) is 0.856. The first-order valence-electron chi connectivity index (χ1n) is 3.94. The van der Waals surface area contributed by atoms with Crippen LogP contribution in [0.4, 0.5) is 5.95 Å². The lowest BCUT2D eigenvalue weighted by Crippen LogP contribution is -2.18. The van der Waals surface area contributed by atoms with E-state index in [1.165, 1.54) is 4.68 Å². The van der Waals surface area contributed by atoms with Crippen LogP contribution in [0, 0.1) is 5.92 Å². The number of nitrogens with two attached hydrogens (primary N) is 2. The normalized spacial score (nSPS) is 13.8. The topological polar surface area (TPSA) is 82.7 Å². The summed E-state index contributed by atoms with van der Waals surface area (Å²) in [6.45, 7) is 4.05. The van der Waals surface area contributed by atoms with Gasteiger partial charge in [0.2, 0.25) is 5.95 Å². The van der Waals surface area contributed by atoms with Crippen molar-refractivity contribution in [3.05, 3.63) is 5.82 Å². The van der Waals surface area contributed by atoms with Gasteiger partial charge in [0.05, 0.1) is 6.04 Å². The maximum atomic E-state index is 5.83. The first-order chi connectivity index (χ1) is 5.52. The Balaban J connectivity index is 2.89. The number of aryl methyl sites for hydroxylation is 1. The van der Waals surface area contributed by atoms with Gasteiger partial charge in [-0.1, -0.05) is 13.8 Å². The third kappa shape index (κ3) is 1.55. The first-order valence-corrected chi connectivity index (χ1v) is 3.94. The highest BCUT2D eigenvalue weighted by Gasteiger charge is 2.15. The third-order valence-electron chi connectivity index (χ3n) is 1.83. The molecule has 0 saturated heterocycles. The van der Waals surface area contributed by atoms with Crippen LogP contribution in [0.1, 0.15) is 25.7 Å². The molecule has 0 amide bonds. The van der Waals surface area contributed by atoms with Crippen LogP contribution in [-0.4, -0.2) is 14.8 Å². The van der Waals surface area contributed by atoms with Gasteiger partial charge in [-0.3, -0.25) is 0 Å². The van der Waals surface area contributed by atoms with Crippen LogP contribution < -0.4 is 11.5 Å². The van der Waals surface area contributed by atoms with Crippen LogP contribution in [0.5, 0.6) is 0 Å². The Morgan fingerprint density at radius 2 is 2.00 bits per heavy atom. The summed E-state index contributed by atoms with van der Waals surface area (Å²) in [5, 5.41) is 4.09. The van der Waals surface area contributed by atoms with Gasteiger partial charge in [-0.2, -0.15) is 10.1 Å². The van der Waals surface area contributed by atoms with Gasteiger partial charge in [-0.25, -0.2) is 4.68 Å². The summed E-state index contributed by atoms with van der Waals surface area (Å²) in [4.78, 5) is 4.04. The zero-order valence-electron chi connectivity index (χ0n) is 7.65. The highest BCUT2D eigenvalue weighted by Crippen LogP contribution is 2.15. The zero-order valence-corrected chi connectivity index (χ0v) is 7.65. The Kier molecular flexibility index (Phi) is 2.32. The number of hydrogen-bond acceptors (Lipinski definition) is 4. The van der Waals surface area contributed by atoms with Crippen molar-refractivity contribution in [3.8, 4) is 0 Å². The number of rotatable bonds is 2. The van der Waals surface area contributed by atoms with E-state index in [4.69, 9.17) is 11.5 Å². The monoisotopic (exact) mass is 169 g/mol. The number of nitrogen functional groups attached to an aromatic ring is 1. The lowest BCUT2D eigenvalue weighted by molar-refractivity contribution is 0.487. The Morgan fingerprint density at radius 3 is 2.33 bits per heavy atom. The molecule has 0 aromatic carbocycles. The molecular formula is C7H15N5. The summed E-state index contributed by atoms with van der Waals surface area (Å²) in [6.07, 6.45) is 0. The van der Waals surface area contributed by atoms with E-state index in [0.717, 1.165) is 0 Å². The van der Waals surface area contributed by atoms with Crippen molar-refractivity contribution < 1.29 is 0 Å². The molecule has 0 bridgehead atoms. The summed E-state index contributed by atoms with van der Waals surface area (Å²) in [5.41, 5.74) is 11.3. The van der Waals surface area contributed by atoms with Crippen LogP contribution in [0.15, 0.2) is 0 Å². The van der Waals surface area contributed by atoms with Gasteiger partial charge in [0.15, 0.2) is 5.82 Å². The quantitative estimate of drug-likeness (QED) is 0.655. The van der Waals surface area contributed by atoms with Gasteiger partial charge in [-0.15, -0.1) is 0 Å². The fraction of sp³-hybridized carbons (Fsp3) is 0.714. The van der Waals surface area contributed by atoms with Crippen molar-refractivity contribution in [1.29, 1.82) is 0 Å². The molecule has 5 nitrogen and oxygen atoms in total. The summed E-state index contributed by atoms with van der Waals surface area (Å²) in [7, 11) is 1.75. The predicted molar refractivity (Wildman–Crippen MR) is 47.2 cm³/mol. The highest BCUT2D eigenvalue weighted by atomic mass is 15.4. The molecular weight excluding hydrogens is 154 g/mol. The smallest absolute Gasteiger partial charge is 0.218 e. The molecule has 0 aliphatic carbocycles. The van der Waals surface area contributed by atoms with Gasteiger partial charge in [0.25, 0.3) is 0 Å². The lowest BCUT2D eigenvalue weighted by atomic mass is 10.1. The van der Waals surface area contributed by atoms with E-state index < -0.39 is 0 Å². The second-order valence-electron chi connectivity index (χ2n) is 3.22. The summed E-state index contributed by atoms with van der Waals surface area (Å²) in [6, 6.07) is -0.131. The second-order valence-corrected chi connectivity index (χ2v) is 3.22. The molecule has 0 aliphatic rings. The maximum Gasteiger partial charge on any atom is 0.218 e. The van der Waals surface area contributed by atoms with Gasteiger partial charge in [0.1, 0.15) is 0 Å². The molecule has 4 N–H and O–H groups in total. The molecule has 12 heavy (non-hydrogen) atoms. The molecule has 5 heteroatoms. The van der Waals surface area contributed by atoms with E-state index in [1.54, 1.807) is 7.05 Å². The molecule has 1 atom stereocenters. The first kappa shape index (κ1) is 8.99.